The Hall–Kier alpha value is -1.19. The van der Waals surface area contributed by atoms with E-state index in [4.69, 9.17) is 5.73 Å². The second kappa shape index (κ2) is 5.66. The van der Waals surface area contributed by atoms with Gasteiger partial charge in [0, 0.05) is 22.0 Å². The van der Waals surface area contributed by atoms with Gasteiger partial charge in [-0.3, -0.25) is 0 Å². The molecule has 104 valence electrons. The summed E-state index contributed by atoms with van der Waals surface area (Å²) in [7, 11) is 0. The minimum atomic E-state index is -0.297. The van der Waals surface area contributed by atoms with Gasteiger partial charge in [-0.2, -0.15) is 0 Å². The van der Waals surface area contributed by atoms with E-state index in [0.717, 1.165) is 23.7 Å². The molecule has 2 aromatic rings. The molecule has 2 atom stereocenters. The maximum Gasteiger partial charge on any atom is 0.128 e. The molecule has 0 fully saturated rings. The molecule has 0 bridgehead atoms. The zero-order valence-corrected chi connectivity index (χ0v) is 12.7. The van der Waals surface area contributed by atoms with E-state index in [1.165, 1.54) is 17.2 Å². The first kappa shape index (κ1) is 13.8. The Bertz CT molecular complexity index is 626. The van der Waals surface area contributed by atoms with Crippen molar-refractivity contribution in [3.8, 4) is 0 Å². The van der Waals surface area contributed by atoms with Crippen molar-refractivity contribution in [3.63, 3.8) is 0 Å². The van der Waals surface area contributed by atoms with Crippen LogP contribution in [0.5, 0.6) is 0 Å². The van der Waals surface area contributed by atoms with Crippen molar-refractivity contribution in [1.82, 2.24) is 0 Å². The van der Waals surface area contributed by atoms with Gasteiger partial charge in [-0.15, -0.1) is 0 Å². The summed E-state index contributed by atoms with van der Waals surface area (Å²) in [6.07, 6.45) is 3.23. The van der Waals surface area contributed by atoms with Crippen LogP contribution in [-0.4, -0.2) is 0 Å². The predicted octanol–water partition coefficient (Wildman–Crippen LogP) is 4.71. The summed E-state index contributed by atoms with van der Waals surface area (Å²) in [4.78, 5) is 0. The molecule has 0 heterocycles. The monoisotopic (exact) mass is 333 g/mol. The normalized spacial score (nSPS) is 19.4. The van der Waals surface area contributed by atoms with E-state index in [1.54, 1.807) is 12.1 Å². The van der Waals surface area contributed by atoms with E-state index >= 15 is 0 Å². The van der Waals surface area contributed by atoms with Crippen molar-refractivity contribution >= 4 is 15.9 Å². The van der Waals surface area contributed by atoms with E-state index in [9.17, 15) is 4.39 Å². The molecule has 3 heteroatoms. The third kappa shape index (κ3) is 2.52. The number of fused-ring (bicyclic) bond motifs is 1. The molecule has 0 spiro atoms. The zero-order chi connectivity index (χ0) is 14.1. The van der Waals surface area contributed by atoms with Crippen LogP contribution in [-0.2, 0) is 6.42 Å². The molecule has 1 nitrogen and oxygen atoms in total. The Balaban J connectivity index is 1.99. The molecule has 0 aliphatic heterocycles. The summed E-state index contributed by atoms with van der Waals surface area (Å²) in [6, 6.07) is 13.1. The lowest BCUT2D eigenvalue weighted by Gasteiger charge is -2.30. The molecule has 3 rings (SSSR count). The molecule has 20 heavy (non-hydrogen) atoms. The smallest absolute Gasteiger partial charge is 0.128 e. The lowest BCUT2D eigenvalue weighted by molar-refractivity contribution is 0.458. The number of rotatable bonds is 2. The molecule has 0 saturated carbocycles. The van der Waals surface area contributed by atoms with Crippen molar-refractivity contribution < 1.29 is 4.39 Å². The van der Waals surface area contributed by atoms with E-state index in [1.807, 2.05) is 6.07 Å². The molecular weight excluding hydrogens is 317 g/mol. The van der Waals surface area contributed by atoms with Gasteiger partial charge in [-0.25, -0.2) is 4.39 Å². The van der Waals surface area contributed by atoms with Crippen LogP contribution in [0.4, 0.5) is 4.39 Å². The first-order valence-electron chi connectivity index (χ1n) is 6.95. The molecule has 0 saturated heterocycles. The van der Waals surface area contributed by atoms with Crippen LogP contribution in [0.3, 0.4) is 0 Å². The van der Waals surface area contributed by atoms with Crippen LogP contribution >= 0.6 is 15.9 Å². The maximum atomic E-state index is 14.1. The highest BCUT2D eigenvalue weighted by Crippen LogP contribution is 2.40. The molecule has 0 aromatic heterocycles. The Labute approximate surface area is 127 Å². The third-order valence-electron chi connectivity index (χ3n) is 4.17. The van der Waals surface area contributed by atoms with E-state index < -0.39 is 0 Å². The first-order chi connectivity index (χ1) is 9.66. The highest BCUT2D eigenvalue weighted by Gasteiger charge is 2.28. The lowest BCUT2D eigenvalue weighted by atomic mass is 9.77. The van der Waals surface area contributed by atoms with Gasteiger partial charge in [0.25, 0.3) is 0 Å². The second-order valence-corrected chi connectivity index (χ2v) is 6.30. The predicted molar refractivity (Wildman–Crippen MR) is 83.1 cm³/mol. The minimum absolute atomic E-state index is 0.198. The van der Waals surface area contributed by atoms with Gasteiger partial charge in [0.05, 0.1) is 0 Å². The Morgan fingerprint density at radius 3 is 2.85 bits per heavy atom. The molecule has 0 radical (unpaired) electrons. The van der Waals surface area contributed by atoms with Gasteiger partial charge < -0.3 is 5.73 Å². The van der Waals surface area contributed by atoms with Crippen LogP contribution in [0.1, 0.15) is 41.5 Å². The average molecular weight is 334 g/mol. The summed E-state index contributed by atoms with van der Waals surface area (Å²) < 4.78 is 14.9. The van der Waals surface area contributed by atoms with Crippen molar-refractivity contribution in [3.05, 3.63) is 69.4 Å². The third-order valence-corrected chi connectivity index (χ3v) is 4.66. The van der Waals surface area contributed by atoms with E-state index in [-0.39, 0.29) is 17.8 Å². The van der Waals surface area contributed by atoms with Gasteiger partial charge in [0.1, 0.15) is 5.82 Å². The van der Waals surface area contributed by atoms with Crippen LogP contribution in [0.25, 0.3) is 0 Å². The van der Waals surface area contributed by atoms with Crippen LogP contribution < -0.4 is 5.73 Å². The number of hydrogen-bond donors (Lipinski definition) is 1. The van der Waals surface area contributed by atoms with Gasteiger partial charge in [-0.1, -0.05) is 40.2 Å². The summed E-state index contributed by atoms with van der Waals surface area (Å²) in [5.41, 5.74) is 9.63. The Morgan fingerprint density at radius 2 is 2.00 bits per heavy atom. The van der Waals surface area contributed by atoms with Crippen molar-refractivity contribution in [2.45, 2.75) is 31.2 Å². The number of aryl methyl sites for hydroxylation is 1. The quantitative estimate of drug-likeness (QED) is 0.846. The van der Waals surface area contributed by atoms with Crippen molar-refractivity contribution in [1.29, 1.82) is 0 Å². The molecule has 2 N–H and O–H groups in total. The summed E-state index contributed by atoms with van der Waals surface area (Å²) in [6.45, 7) is 0. The SMILES string of the molecule is NC(c1cc(Br)ccc1F)C1CCCc2ccccc21. The fourth-order valence-electron chi connectivity index (χ4n) is 3.15. The van der Waals surface area contributed by atoms with Crippen LogP contribution in [0, 0.1) is 5.82 Å². The Kier molecular flexibility index (Phi) is 3.90. The zero-order valence-electron chi connectivity index (χ0n) is 11.2. The molecular formula is C17H17BrFN. The highest BCUT2D eigenvalue weighted by molar-refractivity contribution is 9.10. The van der Waals surface area contributed by atoms with E-state index in [2.05, 4.69) is 34.1 Å². The summed E-state index contributed by atoms with van der Waals surface area (Å²) in [5, 5.41) is 0. The van der Waals surface area contributed by atoms with Gasteiger partial charge >= 0.3 is 0 Å². The molecule has 0 amide bonds. The highest BCUT2D eigenvalue weighted by atomic mass is 79.9. The van der Waals surface area contributed by atoms with Crippen LogP contribution in [0.2, 0.25) is 0 Å². The molecule has 2 unspecified atom stereocenters. The molecule has 1 aliphatic carbocycles. The Morgan fingerprint density at radius 1 is 1.20 bits per heavy atom. The lowest BCUT2D eigenvalue weighted by Crippen LogP contribution is -2.24. The summed E-state index contributed by atoms with van der Waals surface area (Å²) in [5.74, 6) is -0.0208. The molecule has 2 aromatic carbocycles. The first-order valence-corrected chi connectivity index (χ1v) is 7.74. The largest absolute Gasteiger partial charge is 0.323 e. The van der Waals surface area contributed by atoms with Gasteiger partial charge in [0.15, 0.2) is 0 Å². The maximum absolute atomic E-state index is 14.1. The summed E-state index contributed by atoms with van der Waals surface area (Å²) >= 11 is 3.40. The standard InChI is InChI=1S/C17H17BrFN/c18-12-8-9-16(19)15(10-12)17(20)14-7-3-5-11-4-1-2-6-13(11)14/h1-2,4,6,8-10,14,17H,3,5,7,20H2. The number of nitrogens with two attached hydrogens (primary N) is 1. The van der Waals surface area contributed by atoms with Crippen molar-refractivity contribution in [2.24, 2.45) is 5.73 Å². The minimum Gasteiger partial charge on any atom is -0.323 e. The fourth-order valence-corrected chi connectivity index (χ4v) is 3.53. The topological polar surface area (TPSA) is 26.0 Å². The van der Waals surface area contributed by atoms with Gasteiger partial charge in [-0.05, 0) is 48.6 Å². The number of hydrogen-bond acceptors (Lipinski definition) is 1. The average Bonchev–Trinajstić information content (AvgIpc) is 2.48. The second-order valence-electron chi connectivity index (χ2n) is 5.39. The van der Waals surface area contributed by atoms with Gasteiger partial charge in [0.2, 0.25) is 0 Å². The van der Waals surface area contributed by atoms with Crippen molar-refractivity contribution in [2.75, 3.05) is 0 Å². The fraction of sp³-hybridized carbons (Fsp3) is 0.294. The van der Waals surface area contributed by atoms with E-state index in [0.29, 0.717) is 5.56 Å². The number of benzene rings is 2. The number of halogens is 2. The molecule has 1 aliphatic rings. The van der Waals surface area contributed by atoms with Crippen LogP contribution in [0.15, 0.2) is 46.9 Å².